The Kier molecular flexibility index (Phi) is 6.36. The van der Waals surface area contributed by atoms with Gasteiger partial charge in [0.1, 0.15) is 0 Å². The maximum atomic E-state index is 12.4. The first-order valence-corrected chi connectivity index (χ1v) is 10.4. The molecule has 4 rings (SSSR count). The standard InChI is InChI=1S/C20H24N6O3S/c27-18-16-3-1-2-4-17(16)19(28)26(18)8-7-25-14-15(13-22-25)23-20(30)21-5-6-24-9-11-29-12-10-24/h1-4,13-14H,5-12H2,(H2,21,23,30). The van der Waals surface area contributed by atoms with Crippen LogP contribution in [0.1, 0.15) is 20.7 Å². The molecule has 2 aliphatic rings. The molecule has 1 aromatic heterocycles. The maximum Gasteiger partial charge on any atom is 0.261 e. The van der Waals surface area contributed by atoms with E-state index in [0.29, 0.717) is 22.8 Å². The largest absolute Gasteiger partial charge is 0.379 e. The molecule has 2 aliphatic heterocycles. The van der Waals surface area contributed by atoms with Crippen LogP contribution < -0.4 is 10.6 Å². The number of thiocarbonyl (C=S) groups is 1. The summed E-state index contributed by atoms with van der Waals surface area (Å²) in [6.45, 7) is 5.78. The lowest BCUT2D eigenvalue weighted by Gasteiger charge is -2.26. The van der Waals surface area contributed by atoms with Gasteiger partial charge in [0.2, 0.25) is 0 Å². The number of carbonyl (C=O) groups is 2. The molecule has 0 radical (unpaired) electrons. The molecule has 9 nitrogen and oxygen atoms in total. The Morgan fingerprint density at radius 1 is 1.07 bits per heavy atom. The first-order valence-electron chi connectivity index (χ1n) is 9.94. The number of carbonyl (C=O) groups excluding carboxylic acids is 2. The van der Waals surface area contributed by atoms with Crippen LogP contribution in [0, 0.1) is 0 Å². The number of hydrogen-bond donors (Lipinski definition) is 2. The fourth-order valence-corrected chi connectivity index (χ4v) is 3.74. The van der Waals surface area contributed by atoms with Crippen molar-refractivity contribution in [2.24, 2.45) is 0 Å². The summed E-state index contributed by atoms with van der Waals surface area (Å²) in [5.74, 6) is -0.515. The molecule has 0 unspecified atom stereocenters. The molecule has 2 N–H and O–H groups in total. The maximum absolute atomic E-state index is 12.4. The molecule has 0 aliphatic carbocycles. The quantitative estimate of drug-likeness (QED) is 0.494. The fraction of sp³-hybridized carbons (Fsp3) is 0.400. The number of aromatic nitrogens is 2. The number of rotatable bonds is 7. The molecule has 0 saturated carbocycles. The normalized spacial score (nSPS) is 16.6. The molecule has 3 heterocycles. The van der Waals surface area contributed by atoms with Gasteiger partial charge >= 0.3 is 0 Å². The molecular weight excluding hydrogens is 404 g/mol. The van der Waals surface area contributed by atoms with Crippen molar-refractivity contribution in [1.82, 2.24) is 24.9 Å². The van der Waals surface area contributed by atoms with Crippen molar-refractivity contribution >= 4 is 34.8 Å². The molecule has 0 atom stereocenters. The lowest BCUT2D eigenvalue weighted by atomic mass is 10.1. The van der Waals surface area contributed by atoms with Gasteiger partial charge in [-0.25, -0.2) is 0 Å². The minimum absolute atomic E-state index is 0.258. The van der Waals surface area contributed by atoms with Gasteiger partial charge in [-0.1, -0.05) is 12.1 Å². The SMILES string of the molecule is O=C1c2ccccc2C(=O)N1CCn1cc(NC(=S)NCCN2CCOCC2)cn1. The van der Waals surface area contributed by atoms with Gasteiger partial charge in [0.15, 0.2) is 5.11 Å². The molecule has 2 aromatic rings. The summed E-state index contributed by atoms with van der Waals surface area (Å²) >= 11 is 5.34. The highest BCUT2D eigenvalue weighted by Gasteiger charge is 2.34. The third-order valence-corrected chi connectivity index (χ3v) is 5.39. The Labute approximate surface area is 180 Å². The molecule has 30 heavy (non-hydrogen) atoms. The van der Waals surface area contributed by atoms with Crippen LogP contribution in [0.2, 0.25) is 0 Å². The Hall–Kier alpha value is -2.82. The predicted molar refractivity (Wildman–Crippen MR) is 116 cm³/mol. The molecule has 1 fully saturated rings. The van der Waals surface area contributed by atoms with E-state index >= 15 is 0 Å². The van der Waals surface area contributed by atoms with Gasteiger partial charge < -0.3 is 15.4 Å². The van der Waals surface area contributed by atoms with Gasteiger partial charge in [-0.05, 0) is 24.4 Å². The second-order valence-corrected chi connectivity index (χ2v) is 7.54. The highest BCUT2D eigenvalue weighted by Crippen LogP contribution is 2.22. The molecule has 1 saturated heterocycles. The molecule has 0 spiro atoms. The Bertz CT molecular complexity index is 905. The second kappa shape index (κ2) is 9.33. The van der Waals surface area contributed by atoms with E-state index in [4.69, 9.17) is 17.0 Å². The zero-order valence-electron chi connectivity index (χ0n) is 16.5. The Morgan fingerprint density at radius 2 is 1.77 bits per heavy atom. The van der Waals surface area contributed by atoms with E-state index in [1.807, 2.05) is 0 Å². The van der Waals surface area contributed by atoms with Gasteiger partial charge in [-0.15, -0.1) is 0 Å². The molecule has 1 aromatic carbocycles. The molecule has 2 amide bonds. The summed E-state index contributed by atoms with van der Waals surface area (Å²) < 4.78 is 7.02. The van der Waals surface area contributed by atoms with Crippen molar-refractivity contribution in [3.8, 4) is 0 Å². The molecular formula is C20H24N6O3S. The van der Waals surface area contributed by atoms with Gasteiger partial charge in [0, 0.05) is 38.9 Å². The van der Waals surface area contributed by atoms with Crippen molar-refractivity contribution in [2.45, 2.75) is 6.54 Å². The number of ether oxygens (including phenoxy) is 1. The third kappa shape index (κ3) is 4.66. The highest BCUT2D eigenvalue weighted by molar-refractivity contribution is 7.80. The van der Waals surface area contributed by atoms with Crippen molar-refractivity contribution in [2.75, 3.05) is 51.3 Å². The Morgan fingerprint density at radius 3 is 2.47 bits per heavy atom. The number of nitrogens with zero attached hydrogens (tertiary/aromatic N) is 4. The molecule has 158 valence electrons. The number of fused-ring (bicyclic) bond motifs is 1. The number of morpholine rings is 1. The summed E-state index contributed by atoms with van der Waals surface area (Å²) in [6.07, 6.45) is 3.46. The van der Waals surface area contributed by atoms with Crippen molar-refractivity contribution in [1.29, 1.82) is 0 Å². The van der Waals surface area contributed by atoms with Crippen LogP contribution in [0.15, 0.2) is 36.7 Å². The van der Waals surface area contributed by atoms with Crippen LogP contribution in [-0.2, 0) is 11.3 Å². The predicted octanol–water partition coefficient (Wildman–Crippen LogP) is 0.798. The zero-order chi connectivity index (χ0) is 20.9. The van der Waals surface area contributed by atoms with Gasteiger partial charge in [-0.3, -0.25) is 24.1 Å². The average Bonchev–Trinajstić information content (AvgIpc) is 3.30. The Balaban J connectivity index is 1.22. The van der Waals surface area contributed by atoms with Crippen LogP contribution in [-0.4, -0.2) is 82.4 Å². The number of nitrogens with one attached hydrogen (secondary N) is 2. The number of benzene rings is 1. The third-order valence-electron chi connectivity index (χ3n) is 5.14. The molecule has 0 bridgehead atoms. The summed E-state index contributed by atoms with van der Waals surface area (Å²) in [7, 11) is 0. The highest BCUT2D eigenvalue weighted by atomic mass is 32.1. The number of amides is 2. The summed E-state index contributed by atoms with van der Waals surface area (Å²) in [4.78, 5) is 28.4. The van der Waals surface area contributed by atoms with E-state index < -0.39 is 0 Å². The van der Waals surface area contributed by atoms with Crippen LogP contribution in [0.3, 0.4) is 0 Å². The molecule has 10 heteroatoms. The first kappa shape index (κ1) is 20.5. The number of hydrogen-bond acceptors (Lipinski definition) is 6. The van der Waals surface area contributed by atoms with Crippen molar-refractivity contribution in [3.63, 3.8) is 0 Å². The van der Waals surface area contributed by atoms with Crippen LogP contribution in [0.5, 0.6) is 0 Å². The second-order valence-electron chi connectivity index (χ2n) is 7.13. The monoisotopic (exact) mass is 428 g/mol. The van der Waals surface area contributed by atoms with Crippen molar-refractivity contribution < 1.29 is 14.3 Å². The van der Waals surface area contributed by atoms with E-state index in [-0.39, 0.29) is 18.4 Å². The van der Waals surface area contributed by atoms with Crippen LogP contribution in [0.25, 0.3) is 0 Å². The fourth-order valence-electron chi connectivity index (χ4n) is 3.52. The van der Waals surface area contributed by atoms with Crippen molar-refractivity contribution in [3.05, 3.63) is 47.8 Å². The lowest BCUT2D eigenvalue weighted by Crippen LogP contribution is -2.42. The van der Waals surface area contributed by atoms with Gasteiger partial charge in [-0.2, -0.15) is 5.10 Å². The summed E-state index contributed by atoms with van der Waals surface area (Å²) in [5, 5.41) is 11.1. The smallest absolute Gasteiger partial charge is 0.261 e. The summed E-state index contributed by atoms with van der Waals surface area (Å²) in [5.41, 5.74) is 1.67. The van der Waals surface area contributed by atoms with E-state index in [2.05, 4.69) is 20.6 Å². The topological polar surface area (TPSA) is 91.7 Å². The van der Waals surface area contributed by atoms with Crippen LogP contribution >= 0.6 is 12.2 Å². The lowest BCUT2D eigenvalue weighted by molar-refractivity contribution is 0.0389. The van der Waals surface area contributed by atoms with E-state index in [1.54, 1.807) is 41.3 Å². The minimum Gasteiger partial charge on any atom is -0.379 e. The average molecular weight is 429 g/mol. The minimum atomic E-state index is -0.258. The van der Waals surface area contributed by atoms with Crippen LogP contribution in [0.4, 0.5) is 5.69 Å². The number of imide groups is 1. The van der Waals surface area contributed by atoms with Gasteiger partial charge in [0.25, 0.3) is 11.8 Å². The zero-order valence-corrected chi connectivity index (χ0v) is 17.4. The van der Waals surface area contributed by atoms with Gasteiger partial charge in [0.05, 0.1) is 42.8 Å². The van der Waals surface area contributed by atoms with E-state index in [0.717, 1.165) is 45.1 Å². The van der Waals surface area contributed by atoms with E-state index in [9.17, 15) is 9.59 Å². The van der Waals surface area contributed by atoms with E-state index in [1.165, 1.54) is 4.90 Å². The summed E-state index contributed by atoms with van der Waals surface area (Å²) in [6, 6.07) is 6.88. The first-order chi connectivity index (χ1) is 14.6. The number of anilines is 1.